The van der Waals surface area contributed by atoms with Crippen molar-refractivity contribution in [1.82, 2.24) is 14.3 Å². The van der Waals surface area contributed by atoms with Crippen molar-refractivity contribution in [2.45, 2.75) is 0 Å². The third-order valence-corrected chi connectivity index (χ3v) is 3.34. The van der Waals surface area contributed by atoms with E-state index in [9.17, 15) is 0 Å². The van der Waals surface area contributed by atoms with Gasteiger partial charge in [0.25, 0.3) is 0 Å². The maximum absolute atomic E-state index is 5.61. The van der Waals surface area contributed by atoms with Gasteiger partial charge in [-0.05, 0) is 12.1 Å². The van der Waals surface area contributed by atoms with Gasteiger partial charge in [0, 0.05) is 17.1 Å². The molecule has 2 heterocycles. The third kappa shape index (κ3) is 2.33. The van der Waals surface area contributed by atoms with Crippen molar-refractivity contribution in [3.8, 4) is 28.5 Å². The number of nitrogen functional groups attached to an aromatic ring is 1. The first-order valence-corrected chi connectivity index (χ1v) is 6.75. The number of benzene rings is 1. The highest BCUT2D eigenvalue weighted by Gasteiger charge is 2.12. The van der Waals surface area contributed by atoms with E-state index in [4.69, 9.17) is 10.5 Å². The quantitative estimate of drug-likeness (QED) is 0.800. The van der Waals surface area contributed by atoms with E-state index in [1.54, 1.807) is 7.11 Å². The number of hydrogen-bond donors (Lipinski definition) is 1. The topological polar surface area (TPSA) is 73.9 Å². The van der Waals surface area contributed by atoms with E-state index in [0.717, 1.165) is 22.8 Å². The van der Waals surface area contributed by atoms with Crippen LogP contribution in [0.15, 0.2) is 42.5 Å². The van der Waals surface area contributed by atoms with Gasteiger partial charge in [-0.1, -0.05) is 30.3 Å². The molecule has 0 amide bonds. The second-order valence-electron chi connectivity index (χ2n) is 4.07. The number of ether oxygens (including phenoxy) is 1. The Bertz CT molecular complexity index is 727. The van der Waals surface area contributed by atoms with E-state index in [1.165, 1.54) is 0 Å². The van der Waals surface area contributed by atoms with Crippen LogP contribution in [0.25, 0.3) is 22.8 Å². The summed E-state index contributed by atoms with van der Waals surface area (Å²) < 4.78 is 9.55. The highest BCUT2D eigenvalue weighted by molar-refractivity contribution is 7.09. The lowest BCUT2D eigenvalue weighted by Gasteiger charge is -2.08. The molecule has 0 aliphatic rings. The van der Waals surface area contributed by atoms with E-state index in [2.05, 4.69) is 14.3 Å². The molecule has 0 fully saturated rings. The Morgan fingerprint density at radius 2 is 1.85 bits per heavy atom. The fourth-order valence-electron chi connectivity index (χ4n) is 1.88. The first kappa shape index (κ1) is 12.6. The van der Waals surface area contributed by atoms with Crippen molar-refractivity contribution in [2.75, 3.05) is 12.8 Å². The molecule has 0 bridgehead atoms. The Balaban J connectivity index is 2.12. The first-order valence-electron chi connectivity index (χ1n) is 5.98. The number of nitrogens with two attached hydrogens (primary N) is 1. The van der Waals surface area contributed by atoms with Crippen LogP contribution in [0.3, 0.4) is 0 Å². The molecule has 2 N–H and O–H groups in total. The van der Waals surface area contributed by atoms with Gasteiger partial charge in [0.2, 0.25) is 0 Å². The van der Waals surface area contributed by atoms with Crippen LogP contribution in [0.2, 0.25) is 0 Å². The molecule has 20 heavy (non-hydrogen) atoms. The summed E-state index contributed by atoms with van der Waals surface area (Å²) in [5.41, 5.74) is 8.04. The zero-order chi connectivity index (χ0) is 13.9. The molecule has 3 rings (SSSR count). The highest BCUT2D eigenvalue weighted by Crippen LogP contribution is 2.30. The van der Waals surface area contributed by atoms with Crippen LogP contribution in [0.5, 0.6) is 5.75 Å². The van der Waals surface area contributed by atoms with Gasteiger partial charge in [-0.2, -0.15) is 9.36 Å². The monoisotopic (exact) mass is 284 g/mol. The Morgan fingerprint density at radius 1 is 1.05 bits per heavy atom. The molecule has 0 spiro atoms. The Morgan fingerprint density at radius 3 is 2.50 bits per heavy atom. The summed E-state index contributed by atoms with van der Waals surface area (Å²) in [4.78, 5) is 8.75. The summed E-state index contributed by atoms with van der Waals surface area (Å²) in [5.74, 6) is 1.25. The summed E-state index contributed by atoms with van der Waals surface area (Å²) in [6.07, 6.45) is 0. The molecule has 1 aromatic carbocycles. The summed E-state index contributed by atoms with van der Waals surface area (Å²) in [6.45, 7) is 0. The van der Waals surface area contributed by atoms with Crippen LogP contribution in [-0.4, -0.2) is 21.5 Å². The summed E-state index contributed by atoms with van der Waals surface area (Å²) in [6, 6.07) is 13.5. The zero-order valence-corrected chi connectivity index (χ0v) is 11.6. The second kappa shape index (κ2) is 5.26. The molecule has 6 heteroatoms. The fourth-order valence-corrected chi connectivity index (χ4v) is 2.32. The van der Waals surface area contributed by atoms with Gasteiger partial charge in [0.05, 0.1) is 7.11 Å². The van der Waals surface area contributed by atoms with Crippen molar-refractivity contribution < 1.29 is 4.74 Å². The fraction of sp³-hybridized carbons (Fsp3) is 0.0714. The van der Waals surface area contributed by atoms with Crippen molar-refractivity contribution in [3.63, 3.8) is 0 Å². The van der Waals surface area contributed by atoms with Crippen LogP contribution in [0.1, 0.15) is 0 Å². The first-order chi connectivity index (χ1) is 9.78. The number of aromatic nitrogens is 3. The minimum atomic E-state index is 0.430. The van der Waals surface area contributed by atoms with Gasteiger partial charge >= 0.3 is 0 Å². The van der Waals surface area contributed by atoms with Gasteiger partial charge in [-0.3, -0.25) is 0 Å². The minimum absolute atomic E-state index is 0.430. The number of nitrogens with zero attached hydrogens (tertiary/aromatic N) is 3. The van der Waals surface area contributed by atoms with Crippen LogP contribution in [0, 0.1) is 0 Å². The van der Waals surface area contributed by atoms with Gasteiger partial charge in [-0.25, -0.2) is 4.98 Å². The van der Waals surface area contributed by atoms with E-state index < -0.39 is 0 Å². The van der Waals surface area contributed by atoms with Crippen molar-refractivity contribution >= 4 is 16.7 Å². The average Bonchev–Trinajstić information content (AvgIpc) is 2.94. The van der Waals surface area contributed by atoms with Gasteiger partial charge < -0.3 is 10.5 Å². The number of methoxy groups -OCH3 is 1. The molecule has 0 saturated heterocycles. The van der Waals surface area contributed by atoms with Gasteiger partial charge in [0.1, 0.15) is 17.1 Å². The largest absolute Gasteiger partial charge is 0.494 e. The molecule has 0 saturated carbocycles. The molecule has 100 valence electrons. The van der Waals surface area contributed by atoms with E-state index in [-0.39, 0.29) is 0 Å². The van der Waals surface area contributed by atoms with E-state index >= 15 is 0 Å². The summed E-state index contributed by atoms with van der Waals surface area (Å²) in [7, 11) is 1.63. The van der Waals surface area contributed by atoms with Crippen LogP contribution in [-0.2, 0) is 0 Å². The van der Waals surface area contributed by atoms with Crippen LogP contribution >= 0.6 is 11.5 Å². The predicted molar refractivity (Wildman–Crippen MR) is 79.5 cm³/mol. The van der Waals surface area contributed by atoms with Gasteiger partial charge in [-0.15, -0.1) is 0 Å². The molecule has 0 aliphatic carbocycles. The Kier molecular flexibility index (Phi) is 3.30. The molecule has 5 nitrogen and oxygen atoms in total. The predicted octanol–water partition coefficient (Wildman–Crippen LogP) is 2.86. The van der Waals surface area contributed by atoms with Crippen molar-refractivity contribution in [2.24, 2.45) is 0 Å². The highest BCUT2D eigenvalue weighted by atomic mass is 32.1. The molecule has 2 aromatic heterocycles. The van der Waals surface area contributed by atoms with Crippen LogP contribution in [0.4, 0.5) is 5.13 Å². The van der Waals surface area contributed by atoms with Gasteiger partial charge in [0.15, 0.2) is 11.0 Å². The molecule has 0 atom stereocenters. The maximum Gasteiger partial charge on any atom is 0.200 e. The molecular formula is C14H12N4OS. The molecule has 3 aromatic rings. The third-order valence-electron chi connectivity index (χ3n) is 2.80. The zero-order valence-electron chi connectivity index (χ0n) is 10.8. The SMILES string of the molecule is COc1ccc(-c2nsc(N)n2)nc1-c1ccccc1. The molecule has 0 aliphatic heterocycles. The smallest absolute Gasteiger partial charge is 0.200 e. The molecular weight excluding hydrogens is 272 g/mol. The minimum Gasteiger partial charge on any atom is -0.494 e. The van der Waals surface area contributed by atoms with Crippen LogP contribution < -0.4 is 10.5 Å². The van der Waals surface area contributed by atoms with E-state index in [0.29, 0.717) is 22.4 Å². The summed E-state index contributed by atoms with van der Waals surface area (Å²) >= 11 is 1.16. The molecule has 0 unspecified atom stereocenters. The Hall–Kier alpha value is -2.47. The lowest BCUT2D eigenvalue weighted by atomic mass is 10.1. The second-order valence-corrected chi connectivity index (χ2v) is 4.85. The lowest BCUT2D eigenvalue weighted by Crippen LogP contribution is -1.94. The Labute approximate surface area is 120 Å². The number of rotatable bonds is 3. The standard InChI is InChI=1S/C14H12N4OS/c1-19-11-8-7-10(13-17-14(15)20-18-13)16-12(11)9-5-3-2-4-6-9/h2-8H,1H3,(H2,15,17,18). The van der Waals surface area contributed by atoms with Crippen molar-refractivity contribution in [3.05, 3.63) is 42.5 Å². The summed E-state index contributed by atoms with van der Waals surface area (Å²) in [5, 5.41) is 0.430. The van der Waals surface area contributed by atoms with E-state index in [1.807, 2.05) is 42.5 Å². The average molecular weight is 284 g/mol. The lowest BCUT2D eigenvalue weighted by molar-refractivity contribution is 0.415. The number of hydrogen-bond acceptors (Lipinski definition) is 6. The van der Waals surface area contributed by atoms with Crippen molar-refractivity contribution in [1.29, 1.82) is 0 Å². The maximum atomic E-state index is 5.61. The number of pyridine rings is 1. The molecule has 0 radical (unpaired) electrons. The normalized spacial score (nSPS) is 10.4. The number of anilines is 1.